The molecular weight excluding hydrogens is 161 g/mol. The Morgan fingerprint density at radius 2 is 1.14 bits per heavy atom. The first-order valence-electron chi connectivity index (χ1n) is 2.12. The molecule has 0 aromatic rings. The van der Waals surface area contributed by atoms with E-state index >= 15 is 0 Å². The third kappa shape index (κ3) is 152. The predicted molar refractivity (Wildman–Crippen MR) is 33.4 cm³/mol. The molecule has 0 aliphatic rings. The van der Waals surface area contributed by atoms with Crippen LogP contribution >= 0.6 is 0 Å². The summed E-state index contributed by atoms with van der Waals surface area (Å²) in [7, 11) is 0. The fraction of sp³-hybridized carbons (Fsp3) is 0.667. The molecule has 0 heterocycles. The van der Waals surface area contributed by atoms with Gasteiger partial charge in [-0.1, -0.05) is 20.3 Å². The van der Waals surface area contributed by atoms with Crippen LogP contribution < -0.4 is 0 Å². The van der Waals surface area contributed by atoms with E-state index in [0.29, 0.717) is 0 Å². The van der Waals surface area contributed by atoms with Crippen molar-refractivity contribution in [3.8, 4) is 0 Å². The Morgan fingerprint density at radius 3 is 1.14 bits per heavy atom. The van der Waals surface area contributed by atoms with Crippen LogP contribution in [0.5, 0.6) is 0 Å². The van der Waals surface area contributed by atoms with Crippen LogP contribution in [-0.4, -0.2) is 0 Å². The molecular formula is C6H16Y-2. The van der Waals surface area contributed by atoms with Gasteiger partial charge in [0.05, 0.1) is 0 Å². The van der Waals surface area contributed by atoms with Crippen LogP contribution in [0.3, 0.4) is 0 Å². The first-order valence-corrected chi connectivity index (χ1v) is 2.12. The van der Waals surface area contributed by atoms with Crippen LogP contribution in [0.1, 0.15) is 27.2 Å². The average molecular weight is 177 g/mol. The summed E-state index contributed by atoms with van der Waals surface area (Å²) in [5.74, 6) is 0. The standard InChI is InChI=1S/C3H8.C2H5.CH3.Y/c1-3-2;1-2;;/h3H2,1-2H3;1H2,2H3;1H3;/q;2*-1;. The molecule has 45 valence electrons. The van der Waals surface area contributed by atoms with Crippen molar-refractivity contribution in [2.75, 3.05) is 0 Å². The fourth-order valence-electron chi connectivity index (χ4n) is 0. The van der Waals surface area contributed by atoms with Crippen molar-refractivity contribution in [2.45, 2.75) is 27.2 Å². The molecule has 0 nitrogen and oxygen atoms in total. The zero-order valence-corrected chi connectivity index (χ0v) is 8.83. The second-order valence-corrected chi connectivity index (χ2v) is 0.707. The summed E-state index contributed by atoms with van der Waals surface area (Å²) in [6, 6.07) is 0. The maximum absolute atomic E-state index is 3.25. The largest absolute Gasteiger partial charge is 0.358 e. The van der Waals surface area contributed by atoms with Crippen molar-refractivity contribution in [3.63, 3.8) is 0 Å². The Bertz CT molecular complexity index is 4.14. The first kappa shape index (κ1) is 24.3. The minimum atomic E-state index is 0. The molecule has 0 aromatic heterocycles. The summed E-state index contributed by atoms with van der Waals surface area (Å²) in [5.41, 5.74) is 0. The van der Waals surface area contributed by atoms with Gasteiger partial charge in [0, 0.05) is 32.7 Å². The molecule has 0 unspecified atom stereocenters. The summed E-state index contributed by atoms with van der Waals surface area (Å²) in [6.45, 7) is 9.25. The number of hydrogen-bond acceptors (Lipinski definition) is 0. The zero-order chi connectivity index (χ0) is 4.71. The molecule has 0 saturated carbocycles. The van der Waals surface area contributed by atoms with E-state index in [0.717, 1.165) is 0 Å². The normalized spacial score (nSPS) is 3.43. The molecule has 0 aliphatic heterocycles. The molecule has 0 fully saturated rings. The molecule has 1 heteroatoms. The van der Waals surface area contributed by atoms with E-state index in [1.807, 2.05) is 0 Å². The van der Waals surface area contributed by atoms with Gasteiger partial charge in [-0.25, -0.2) is 0 Å². The summed E-state index contributed by atoms with van der Waals surface area (Å²) < 4.78 is 0. The van der Waals surface area contributed by atoms with Crippen LogP contribution in [0.2, 0.25) is 0 Å². The van der Waals surface area contributed by atoms with E-state index in [1.54, 1.807) is 6.92 Å². The van der Waals surface area contributed by atoms with Crippen LogP contribution in [-0.2, 0) is 32.7 Å². The van der Waals surface area contributed by atoms with Gasteiger partial charge in [0.25, 0.3) is 0 Å². The van der Waals surface area contributed by atoms with E-state index in [-0.39, 0.29) is 40.1 Å². The smallest absolute Gasteiger partial charge is 0 e. The van der Waals surface area contributed by atoms with Crippen molar-refractivity contribution in [1.82, 2.24) is 0 Å². The van der Waals surface area contributed by atoms with Crippen molar-refractivity contribution < 1.29 is 32.7 Å². The molecule has 0 rings (SSSR count). The third-order valence-electron chi connectivity index (χ3n) is 0. The predicted octanol–water partition coefficient (Wildman–Crippen LogP) is 2.70. The second kappa shape index (κ2) is 59.8. The van der Waals surface area contributed by atoms with Gasteiger partial charge in [0.1, 0.15) is 0 Å². The molecule has 0 atom stereocenters. The Balaban J connectivity index is -0.0000000105. The molecule has 0 aromatic carbocycles. The van der Waals surface area contributed by atoms with Gasteiger partial charge in [0.15, 0.2) is 0 Å². The quantitative estimate of drug-likeness (QED) is 0.499. The maximum atomic E-state index is 3.25. The van der Waals surface area contributed by atoms with Gasteiger partial charge in [-0.05, 0) is 0 Å². The van der Waals surface area contributed by atoms with Crippen molar-refractivity contribution in [1.29, 1.82) is 0 Å². The Morgan fingerprint density at radius 1 is 1.14 bits per heavy atom. The molecule has 0 bridgehead atoms. The zero-order valence-electron chi connectivity index (χ0n) is 5.99. The Hall–Kier alpha value is 1.10. The number of hydrogen-bond donors (Lipinski definition) is 0. The minimum absolute atomic E-state index is 0. The van der Waals surface area contributed by atoms with E-state index in [9.17, 15) is 0 Å². The van der Waals surface area contributed by atoms with Crippen LogP contribution in [0.4, 0.5) is 0 Å². The fourth-order valence-corrected chi connectivity index (χ4v) is 0. The van der Waals surface area contributed by atoms with E-state index < -0.39 is 0 Å². The SMILES string of the molecule is CCC.[CH2-]C.[CH3-].[Y]. The molecule has 0 N–H and O–H groups in total. The molecule has 0 spiro atoms. The van der Waals surface area contributed by atoms with Gasteiger partial charge in [0.2, 0.25) is 0 Å². The van der Waals surface area contributed by atoms with E-state index in [1.165, 1.54) is 6.42 Å². The Kier molecular flexibility index (Phi) is 207. The minimum Gasteiger partial charge on any atom is -0.358 e. The van der Waals surface area contributed by atoms with Gasteiger partial charge >= 0.3 is 0 Å². The van der Waals surface area contributed by atoms with Gasteiger partial charge in [-0.2, -0.15) is 6.92 Å². The third-order valence-corrected chi connectivity index (χ3v) is 0. The van der Waals surface area contributed by atoms with Crippen LogP contribution in [0.25, 0.3) is 0 Å². The Labute approximate surface area is 74.0 Å². The first-order chi connectivity index (χ1) is 2.41. The summed E-state index contributed by atoms with van der Waals surface area (Å²) in [5, 5.41) is 0. The van der Waals surface area contributed by atoms with Gasteiger partial charge < -0.3 is 14.4 Å². The van der Waals surface area contributed by atoms with Crippen molar-refractivity contribution >= 4 is 0 Å². The molecule has 0 saturated heterocycles. The second-order valence-electron chi connectivity index (χ2n) is 0.707. The van der Waals surface area contributed by atoms with Gasteiger partial charge in [-0.15, -0.1) is 0 Å². The summed E-state index contributed by atoms with van der Waals surface area (Å²) in [6.07, 6.45) is 1.25. The molecule has 0 amide bonds. The van der Waals surface area contributed by atoms with Crippen LogP contribution in [0.15, 0.2) is 0 Å². The summed E-state index contributed by atoms with van der Waals surface area (Å²) >= 11 is 0. The van der Waals surface area contributed by atoms with E-state index in [2.05, 4.69) is 20.8 Å². The molecule has 1 radical (unpaired) electrons. The maximum Gasteiger partial charge on any atom is 0 e. The van der Waals surface area contributed by atoms with Crippen LogP contribution in [0, 0.1) is 14.4 Å². The summed E-state index contributed by atoms with van der Waals surface area (Å²) in [4.78, 5) is 0. The molecule has 0 aliphatic carbocycles. The van der Waals surface area contributed by atoms with Crippen molar-refractivity contribution in [2.24, 2.45) is 0 Å². The topological polar surface area (TPSA) is 0 Å². The molecule has 7 heavy (non-hydrogen) atoms. The number of rotatable bonds is 0. The van der Waals surface area contributed by atoms with Gasteiger partial charge in [-0.3, -0.25) is 0 Å². The monoisotopic (exact) mass is 177 g/mol. The van der Waals surface area contributed by atoms with Crippen molar-refractivity contribution in [3.05, 3.63) is 14.4 Å². The van der Waals surface area contributed by atoms with E-state index in [4.69, 9.17) is 0 Å². The average Bonchev–Trinajstić information content (AvgIpc) is 1.46.